The number of nitrogens with one attached hydrogen (secondary N) is 1. The summed E-state index contributed by atoms with van der Waals surface area (Å²) in [5.41, 5.74) is 0. The van der Waals surface area contributed by atoms with Gasteiger partial charge in [0.05, 0.1) is 4.90 Å². The lowest BCUT2D eigenvalue weighted by Crippen LogP contribution is -2.32. The fraction of sp³-hybridized carbons (Fsp3) is 0.600. The molecular formula is C10H18N2O2S2. The van der Waals surface area contributed by atoms with Gasteiger partial charge in [0.2, 0.25) is 10.0 Å². The maximum Gasteiger partial charge on any atom is 0.243 e. The van der Waals surface area contributed by atoms with E-state index in [9.17, 15) is 8.42 Å². The van der Waals surface area contributed by atoms with Crippen LogP contribution < -0.4 is 5.32 Å². The Morgan fingerprint density at radius 1 is 1.44 bits per heavy atom. The first-order chi connectivity index (χ1) is 7.39. The van der Waals surface area contributed by atoms with E-state index in [0.717, 1.165) is 9.75 Å². The molecular weight excluding hydrogens is 244 g/mol. The van der Waals surface area contributed by atoms with Crippen LogP contribution in [0.1, 0.15) is 9.75 Å². The van der Waals surface area contributed by atoms with Crippen molar-refractivity contribution in [2.75, 3.05) is 27.2 Å². The third-order valence-electron chi connectivity index (χ3n) is 2.36. The fourth-order valence-electron chi connectivity index (χ4n) is 1.42. The van der Waals surface area contributed by atoms with Gasteiger partial charge in [-0.05, 0) is 27.0 Å². The topological polar surface area (TPSA) is 49.4 Å². The van der Waals surface area contributed by atoms with Gasteiger partial charge in [0, 0.05) is 29.9 Å². The van der Waals surface area contributed by atoms with Crippen molar-refractivity contribution in [1.29, 1.82) is 0 Å². The Balaban J connectivity index is 2.97. The molecule has 0 spiro atoms. The van der Waals surface area contributed by atoms with Gasteiger partial charge in [-0.15, -0.1) is 11.3 Å². The van der Waals surface area contributed by atoms with Crippen molar-refractivity contribution in [3.8, 4) is 0 Å². The van der Waals surface area contributed by atoms with E-state index < -0.39 is 10.0 Å². The number of hydrogen-bond donors (Lipinski definition) is 1. The van der Waals surface area contributed by atoms with Crippen molar-refractivity contribution < 1.29 is 8.42 Å². The molecule has 0 amide bonds. The molecule has 0 atom stereocenters. The third-order valence-corrected chi connectivity index (χ3v) is 5.44. The van der Waals surface area contributed by atoms with Crippen LogP contribution in [0.15, 0.2) is 11.0 Å². The lowest BCUT2D eigenvalue weighted by Gasteiger charge is -2.16. The molecule has 0 aliphatic heterocycles. The fourth-order valence-corrected chi connectivity index (χ4v) is 4.11. The van der Waals surface area contributed by atoms with Gasteiger partial charge >= 0.3 is 0 Å². The normalized spacial score (nSPS) is 12.3. The Kier molecular flexibility index (Phi) is 4.49. The number of nitrogens with zero attached hydrogens (tertiary/aromatic N) is 1. The lowest BCUT2D eigenvalue weighted by atomic mass is 10.4. The van der Waals surface area contributed by atoms with Crippen LogP contribution in [0, 0.1) is 13.8 Å². The standard InChI is InChI=1S/C10H18N2O2S2/c1-8-7-10(9(2)15-8)16(13,14)12(4)6-5-11-3/h7,11H,5-6H2,1-4H3. The van der Waals surface area contributed by atoms with E-state index in [1.165, 1.54) is 15.6 Å². The highest BCUT2D eigenvalue weighted by atomic mass is 32.2. The van der Waals surface area contributed by atoms with Gasteiger partial charge in [0.15, 0.2) is 0 Å². The first kappa shape index (κ1) is 13.6. The number of likely N-dealkylation sites (N-methyl/N-ethyl adjacent to an activating group) is 2. The van der Waals surface area contributed by atoms with Crippen molar-refractivity contribution in [2.24, 2.45) is 0 Å². The zero-order chi connectivity index (χ0) is 12.3. The van der Waals surface area contributed by atoms with E-state index in [4.69, 9.17) is 0 Å². The molecule has 0 aliphatic carbocycles. The molecule has 4 nitrogen and oxygen atoms in total. The summed E-state index contributed by atoms with van der Waals surface area (Å²) < 4.78 is 25.7. The Morgan fingerprint density at radius 3 is 2.50 bits per heavy atom. The van der Waals surface area contributed by atoms with Gasteiger partial charge in [0.25, 0.3) is 0 Å². The highest BCUT2D eigenvalue weighted by Crippen LogP contribution is 2.26. The monoisotopic (exact) mass is 262 g/mol. The van der Waals surface area contributed by atoms with Crippen molar-refractivity contribution in [3.63, 3.8) is 0 Å². The molecule has 1 N–H and O–H groups in total. The van der Waals surface area contributed by atoms with Crippen LogP contribution in [0.3, 0.4) is 0 Å². The summed E-state index contributed by atoms with van der Waals surface area (Å²) in [7, 11) is 0.0989. The molecule has 0 saturated carbocycles. The minimum atomic E-state index is -3.32. The largest absolute Gasteiger partial charge is 0.318 e. The molecule has 1 aromatic heterocycles. The Bertz CT molecular complexity index is 451. The number of hydrogen-bond acceptors (Lipinski definition) is 4. The summed E-state index contributed by atoms with van der Waals surface area (Å²) in [5.74, 6) is 0. The molecule has 16 heavy (non-hydrogen) atoms. The van der Waals surface area contributed by atoms with E-state index in [2.05, 4.69) is 5.32 Å². The molecule has 1 heterocycles. The van der Waals surface area contributed by atoms with E-state index in [-0.39, 0.29) is 0 Å². The molecule has 1 aromatic rings. The molecule has 0 unspecified atom stereocenters. The average molecular weight is 262 g/mol. The van der Waals surface area contributed by atoms with Gasteiger partial charge in [-0.25, -0.2) is 8.42 Å². The second-order valence-corrected chi connectivity index (χ2v) is 7.18. The van der Waals surface area contributed by atoms with Crippen LogP contribution >= 0.6 is 11.3 Å². The number of sulfonamides is 1. The Labute approximate surface area is 101 Å². The van der Waals surface area contributed by atoms with Crippen LogP contribution in [-0.4, -0.2) is 39.9 Å². The van der Waals surface area contributed by atoms with Gasteiger partial charge in [-0.3, -0.25) is 0 Å². The first-order valence-electron chi connectivity index (χ1n) is 5.07. The maximum absolute atomic E-state index is 12.2. The zero-order valence-electron chi connectivity index (χ0n) is 10.1. The second-order valence-electron chi connectivity index (χ2n) is 3.71. The third kappa shape index (κ3) is 2.82. The smallest absolute Gasteiger partial charge is 0.243 e. The van der Waals surface area contributed by atoms with E-state index >= 15 is 0 Å². The number of thiophene rings is 1. The molecule has 92 valence electrons. The van der Waals surface area contributed by atoms with Crippen molar-refractivity contribution in [2.45, 2.75) is 18.7 Å². The van der Waals surface area contributed by atoms with Crippen LogP contribution in [0.4, 0.5) is 0 Å². The molecule has 0 fully saturated rings. The van der Waals surface area contributed by atoms with Crippen LogP contribution in [-0.2, 0) is 10.0 Å². The molecule has 0 saturated heterocycles. The predicted molar refractivity (Wildman–Crippen MR) is 67.5 cm³/mol. The highest BCUT2D eigenvalue weighted by Gasteiger charge is 2.23. The Morgan fingerprint density at radius 2 is 2.06 bits per heavy atom. The SMILES string of the molecule is CNCCN(C)S(=O)(=O)c1cc(C)sc1C. The molecule has 0 bridgehead atoms. The van der Waals surface area contributed by atoms with E-state index in [1.54, 1.807) is 20.2 Å². The summed E-state index contributed by atoms with van der Waals surface area (Å²) in [5, 5.41) is 2.94. The van der Waals surface area contributed by atoms with Crippen molar-refractivity contribution in [1.82, 2.24) is 9.62 Å². The van der Waals surface area contributed by atoms with E-state index in [1.807, 2.05) is 13.8 Å². The maximum atomic E-state index is 12.2. The minimum absolute atomic E-state index is 0.439. The minimum Gasteiger partial charge on any atom is -0.318 e. The van der Waals surface area contributed by atoms with Gasteiger partial charge in [0.1, 0.15) is 0 Å². The van der Waals surface area contributed by atoms with Crippen LogP contribution in [0.5, 0.6) is 0 Å². The van der Waals surface area contributed by atoms with Crippen molar-refractivity contribution in [3.05, 3.63) is 15.8 Å². The molecule has 1 rings (SSSR count). The van der Waals surface area contributed by atoms with E-state index in [0.29, 0.717) is 18.0 Å². The highest BCUT2D eigenvalue weighted by molar-refractivity contribution is 7.89. The van der Waals surface area contributed by atoms with Crippen molar-refractivity contribution >= 4 is 21.4 Å². The summed E-state index contributed by atoms with van der Waals surface area (Å²) in [6, 6.07) is 1.74. The summed E-state index contributed by atoms with van der Waals surface area (Å²) in [6.07, 6.45) is 0. The predicted octanol–water partition coefficient (Wildman–Crippen LogP) is 1.20. The number of rotatable bonds is 5. The quantitative estimate of drug-likeness (QED) is 0.867. The van der Waals surface area contributed by atoms with Gasteiger partial charge in [-0.1, -0.05) is 0 Å². The average Bonchev–Trinajstić information content (AvgIpc) is 2.54. The zero-order valence-corrected chi connectivity index (χ0v) is 11.7. The van der Waals surface area contributed by atoms with Crippen LogP contribution in [0.25, 0.3) is 0 Å². The molecule has 6 heteroatoms. The summed E-state index contributed by atoms with van der Waals surface area (Å²) in [6.45, 7) is 4.89. The molecule has 0 aromatic carbocycles. The summed E-state index contributed by atoms with van der Waals surface area (Å²) >= 11 is 1.52. The molecule has 0 radical (unpaired) electrons. The molecule has 0 aliphatic rings. The Hall–Kier alpha value is -0.430. The lowest BCUT2D eigenvalue weighted by molar-refractivity contribution is 0.466. The number of aryl methyl sites for hydroxylation is 2. The van der Waals surface area contributed by atoms with Gasteiger partial charge < -0.3 is 5.32 Å². The van der Waals surface area contributed by atoms with Gasteiger partial charge in [-0.2, -0.15) is 4.31 Å². The summed E-state index contributed by atoms with van der Waals surface area (Å²) in [4.78, 5) is 2.32. The van der Waals surface area contributed by atoms with Crippen LogP contribution in [0.2, 0.25) is 0 Å². The first-order valence-corrected chi connectivity index (χ1v) is 7.33. The second kappa shape index (κ2) is 5.27.